The molecule has 1 aromatic heterocycles. The third-order valence-electron chi connectivity index (χ3n) is 3.74. The SMILES string of the molecule is Nc1cc2ccccc2c(=O)n1CCCC1CC1. The monoisotopic (exact) mass is 242 g/mol. The lowest BCUT2D eigenvalue weighted by atomic mass is 10.1. The van der Waals surface area contributed by atoms with Crippen LogP contribution in [0.2, 0.25) is 0 Å². The van der Waals surface area contributed by atoms with Gasteiger partial charge in [0.25, 0.3) is 5.56 Å². The standard InChI is InChI=1S/C15H18N2O/c16-14-10-12-5-1-2-6-13(12)15(18)17(14)9-3-4-11-7-8-11/h1-2,5-6,10-11H,3-4,7-9,16H2. The van der Waals surface area contributed by atoms with Crippen LogP contribution in [0.15, 0.2) is 35.1 Å². The van der Waals surface area contributed by atoms with E-state index in [0.717, 1.165) is 29.7 Å². The van der Waals surface area contributed by atoms with Crippen molar-refractivity contribution in [2.24, 2.45) is 5.92 Å². The summed E-state index contributed by atoms with van der Waals surface area (Å²) < 4.78 is 1.71. The minimum absolute atomic E-state index is 0.0430. The van der Waals surface area contributed by atoms with E-state index >= 15 is 0 Å². The molecule has 2 aromatic rings. The predicted octanol–water partition coefficient (Wildman–Crippen LogP) is 2.77. The van der Waals surface area contributed by atoms with E-state index in [1.165, 1.54) is 19.3 Å². The number of nitrogens with two attached hydrogens (primary N) is 1. The molecule has 3 heteroatoms. The van der Waals surface area contributed by atoms with Crippen molar-refractivity contribution >= 4 is 16.6 Å². The Morgan fingerprint density at radius 1 is 1.28 bits per heavy atom. The number of nitrogens with zero attached hydrogens (tertiary/aromatic N) is 1. The first-order valence-electron chi connectivity index (χ1n) is 6.64. The first-order valence-corrected chi connectivity index (χ1v) is 6.64. The second-order valence-electron chi connectivity index (χ2n) is 5.20. The smallest absolute Gasteiger partial charge is 0.259 e. The van der Waals surface area contributed by atoms with Crippen molar-refractivity contribution in [2.45, 2.75) is 32.2 Å². The Morgan fingerprint density at radius 3 is 2.83 bits per heavy atom. The fourth-order valence-electron chi connectivity index (χ4n) is 2.49. The molecular weight excluding hydrogens is 224 g/mol. The molecule has 3 rings (SSSR count). The first kappa shape index (κ1) is 11.3. The van der Waals surface area contributed by atoms with Crippen LogP contribution in [0.4, 0.5) is 5.82 Å². The number of aromatic nitrogens is 1. The van der Waals surface area contributed by atoms with Crippen molar-refractivity contribution in [1.82, 2.24) is 4.57 Å². The quantitative estimate of drug-likeness (QED) is 0.896. The highest BCUT2D eigenvalue weighted by molar-refractivity contribution is 5.83. The Morgan fingerprint density at radius 2 is 2.06 bits per heavy atom. The molecule has 1 aliphatic rings. The molecule has 3 nitrogen and oxygen atoms in total. The number of hydrogen-bond acceptors (Lipinski definition) is 2. The van der Waals surface area contributed by atoms with Gasteiger partial charge in [0.15, 0.2) is 0 Å². The van der Waals surface area contributed by atoms with Crippen LogP contribution in [0.5, 0.6) is 0 Å². The Labute approximate surface area is 106 Å². The van der Waals surface area contributed by atoms with Gasteiger partial charge in [0, 0.05) is 11.9 Å². The summed E-state index contributed by atoms with van der Waals surface area (Å²) >= 11 is 0. The fourth-order valence-corrected chi connectivity index (χ4v) is 2.49. The maximum Gasteiger partial charge on any atom is 0.259 e. The van der Waals surface area contributed by atoms with E-state index in [0.29, 0.717) is 5.82 Å². The summed E-state index contributed by atoms with van der Waals surface area (Å²) in [6, 6.07) is 9.52. The lowest BCUT2D eigenvalue weighted by molar-refractivity contribution is 0.572. The van der Waals surface area contributed by atoms with Crippen LogP contribution in [0.1, 0.15) is 25.7 Å². The van der Waals surface area contributed by atoms with Gasteiger partial charge in [0.1, 0.15) is 5.82 Å². The van der Waals surface area contributed by atoms with Crippen molar-refractivity contribution in [1.29, 1.82) is 0 Å². The zero-order chi connectivity index (χ0) is 12.5. The fraction of sp³-hybridized carbons (Fsp3) is 0.400. The average Bonchev–Trinajstić information content (AvgIpc) is 3.17. The number of fused-ring (bicyclic) bond motifs is 1. The highest BCUT2D eigenvalue weighted by Gasteiger charge is 2.20. The minimum atomic E-state index is 0.0430. The van der Waals surface area contributed by atoms with Crippen LogP contribution in [-0.2, 0) is 6.54 Å². The number of anilines is 1. The van der Waals surface area contributed by atoms with E-state index in [2.05, 4.69) is 0 Å². The van der Waals surface area contributed by atoms with E-state index < -0.39 is 0 Å². The van der Waals surface area contributed by atoms with Crippen molar-refractivity contribution < 1.29 is 0 Å². The number of benzene rings is 1. The molecule has 1 heterocycles. The van der Waals surface area contributed by atoms with Crippen LogP contribution in [0.25, 0.3) is 10.8 Å². The molecule has 0 bridgehead atoms. The van der Waals surface area contributed by atoms with Gasteiger partial charge in [-0.05, 0) is 36.3 Å². The summed E-state index contributed by atoms with van der Waals surface area (Å²) in [7, 11) is 0. The van der Waals surface area contributed by atoms with Crippen LogP contribution < -0.4 is 11.3 Å². The Hall–Kier alpha value is -1.77. The van der Waals surface area contributed by atoms with Gasteiger partial charge in [-0.2, -0.15) is 0 Å². The molecule has 2 N–H and O–H groups in total. The molecule has 1 fully saturated rings. The molecule has 0 amide bonds. The molecule has 1 aromatic carbocycles. The Balaban J connectivity index is 1.91. The largest absolute Gasteiger partial charge is 0.385 e. The number of pyridine rings is 1. The summed E-state index contributed by atoms with van der Waals surface area (Å²) in [5.41, 5.74) is 6.03. The second-order valence-corrected chi connectivity index (χ2v) is 5.20. The first-order chi connectivity index (χ1) is 8.75. The normalized spacial score (nSPS) is 15.1. The number of hydrogen-bond donors (Lipinski definition) is 1. The third-order valence-corrected chi connectivity index (χ3v) is 3.74. The Bertz CT molecular complexity index is 626. The molecule has 0 atom stereocenters. The minimum Gasteiger partial charge on any atom is -0.385 e. The number of nitrogen functional groups attached to an aromatic ring is 1. The molecule has 0 unspecified atom stereocenters. The van der Waals surface area contributed by atoms with Gasteiger partial charge in [-0.25, -0.2) is 0 Å². The topological polar surface area (TPSA) is 48.0 Å². The van der Waals surface area contributed by atoms with Crippen LogP contribution in [0.3, 0.4) is 0 Å². The summed E-state index contributed by atoms with van der Waals surface area (Å²) in [5.74, 6) is 1.48. The molecule has 94 valence electrons. The summed E-state index contributed by atoms with van der Waals surface area (Å²) in [4.78, 5) is 12.3. The summed E-state index contributed by atoms with van der Waals surface area (Å²) in [5, 5.41) is 1.69. The molecule has 1 saturated carbocycles. The van der Waals surface area contributed by atoms with E-state index in [-0.39, 0.29) is 5.56 Å². The van der Waals surface area contributed by atoms with Crippen LogP contribution in [-0.4, -0.2) is 4.57 Å². The van der Waals surface area contributed by atoms with Crippen LogP contribution >= 0.6 is 0 Å². The molecule has 0 saturated heterocycles. The third kappa shape index (κ3) is 2.13. The number of rotatable bonds is 4. The van der Waals surface area contributed by atoms with E-state index in [1.807, 2.05) is 30.3 Å². The lowest BCUT2D eigenvalue weighted by Gasteiger charge is -2.10. The van der Waals surface area contributed by atoms with Gasteiger partial charge in [-0.3, -0.25) is 9.36 Å². The highest BCUT2D eigenvalue weighted by atomic mass is 16.1. The molecule has 0 radical (unpaired) electrons. The summed E-state index contributed by atoms with van der Waals surface area (Å²) in [6.07, 6.45) is 5.00. The molecule has 0 aliphatic heterocycles. The van der Waals surface area contributed by atoms with Crippen LogP contribution in [0, 0.1) is 5.92 Å². The van der Waals surface area contributed by atoms with E-state index in [9.17, 15) is 4.79 Å². The van der Waals surface area contributed by atoms with Gasteiger partial charge in [-0.15, -0.1) is 0 Å². The Kier molecular flexibility index (Phi) is 2.82. The van der Waals surface area contributed by atoms with Gasteiger partial charge in [-0.1, -0.05) is 31.0 Å². The molecule has 0 spiro atoms. The highest BCUT2D eigenvalue weighted by Crippen LogP contribution is 2.33. The lowest BCUT2D eigenvalue weighted by Crippen LogP contribution is -2.23. The molecular formula is C15H18N2O. The second kappa shape index (κ2) is 4.48. The maximum atomic E-state index is 12.3. The zero-order valence-corrected chi connectivity index (χ0v) is 10.4. The van der Waals surface area contributed by atoms with E-state index in [1.54, 1.807) is 4.57 Å². The van der Waals surface area contributed by atoms with Crippen molar-refractivity contribution in [3.8, 4) is 0 Å². The zero-order valence-electron chi connectivity index (χ0n) is 10.4. The van der Waals surface area contributed by atoms with Gasteiger partial charge >= 0.3 is 0 Å². The van der Waals surface area contributed by atoms with Gasteiger partial charge in [0.2, 0.25) is 0 Å². The van der Waals surface area contributed by atoms with Crippen molar-refractivity contribution in [3.63, 3.8) is 0 Å². The molecule has 1 aliphatic carbocycles. The molecule has 18 heavy (non-hydrogen) atoms. The van der Waals surface area contributed by atoms with Crippen molar-refractivity contribution in [3.05, 3.63) is 40.7 Å². The van der Waals surface area contributed by atoms with Gasteiger partial charge < -0.3 is 5.73 Å². The maximum absolute atomic E-state index is 12.3. The predicted molar refractivity (Wildman–Crippen MR) is 74.6 cm³/mol. The average molecular weight is 242 g/mol. The van der Waals surface area contributed by atoms with Crippen molar-refractivity contribution in [2.75, 3.05) is 5.73 Å². The van der Waals surface area contributed by atoms with E-state index in [4.69, 9.17) is 5.73 Å². The van der Waals surface area contributed by atoms with Gasteiger partial charge in [0.05, 0.1) is 0 Å². The summed E-state index contributed by atoms with van der Waals surface area (Å²) in [6.45, 7) is 0.742.